The van der Waals surface area contributed by atoms with Gasteiger partial charge in [-0.1, -0.05) is 22.0 Å². The van der Waals surface area contributed by atoms with Crippen molar-refractivity contribution in [2.45, 2.75) is 30.9 Å². The summed E-state index contributed by atoms with van der Waals surface area (Å²) in [7, 11) is 1.78. The smallest absolute Gasteiger partial charge is 0.125 e. The number of methoxy groups -OCH3 is 1. The summed E-state index contributed by atoms with van der Waals surface area (Å²) in [6, 6.07) is 6.59. The van der Waals surface area contributed by atoms with Crippen LogP contribution in [0.25, 0.3) is 0 Å². The molecule has 2 aliphatic heterocycles. The standard InChI is InChI=1S/C16H22BrNO3/c1-19-16(6-8-20-11-16)10-18-14-3-2-7-21-15-9-12(17)4-5-13(14)15/h4-5,9,14,18H,2-3,6-8,10-11H2,1H3. The lowest BCUT2D eigenvalue weighted by atomic mass is 9.98. The fourth-order valence-electron chi connectivity index (χ4n) is 3.03. The summed E-state index contributed by atoms with van der Waals surface area (Å²) in [5.74, 6) is 0.980. The van der Waals surface area contributed by atoms with Crippen LogP contribution in [0.15, 0.2) is 22.7 Å². The Labute approximate surface area is 134 Å². The van der Waals surface area contributed by atoms with E-state index in [-0.39, 0.29) is 5.60 Å². The van der Waals surface area contributed by atoms with Crippen LogP contribution in [0.5, 0.6) is 5.75 Å². The molecule has 2 heterocycles. The second-order valence-corrected chi connectivity index (χ2v) is 6.71. The van der Waals surface area contributed by atoms with Crippen molar-refractivity contribution in [3.8, 4) is 5.75 Å². The number of benzene rings is 1. The van der Waals surface area contributed by atoms with Crippen LogP contribution in [-0.4, -0.2) is 39.1 Å². The molecule has 0 aliphatic carbocycles. The van der Waals surface area contributed by atoms with Crippen LogP contribution in [0.3, 0.4) is 0 Å². The number of hydrogen-bond acceptors (Lipinski definition) is 4. The minimum atomic E-state index is -0.178. The van der Waals surface area contributed by atoms with Crippen molar-refractivity contribution in [1.82, 2.24) is 5.32 Å². The summed E-state index contributed by atoms with van der Waals surface area (Å²) in [5, 5.41) is 3.67. The molecule has 1 fully saturated rings. The zero-order valence-corrected chi connectivity index (χ0v) is 13.9. The van der Waals surface area contributed by atoms with Crippen molar-refractivity contribution in [1.29, 1.82) is 0 Å². The molecule has 4 nitrogen and oxygen atoms in total. The van der Waals surface area contributed by atoms with E-state index in [1.807, 2.05) is 0 Å². The van der Waals surface area contributed by atoms with Gasteiger partial charge in [-0.2, -0.15) is 0 Å². The quantitative estimate of drug-likeness (QED) is 0.900. The van der Waals surface area contributed by atoms with Gasteiger partial charge < -0.3 is 19.5 Å². The predicted molar refractivity (Wildman–Crippen MR) is 84.8 cm³/mol. The zero-order valence-electron chi connectivity index (χ0n) is 12.4. The first kappa shape index (κ1) is 15.3. The maximum atomic E-state index is 5.86. The number of halogens is 1. The summed E-state index contributed by atoms with van der Waals surface area (Å²) in [5.41, 5.74) is 1.06. The Hall–Kier alpha value is -0.620. The maximum Gasteiger partial charge on any atom is 0.125 e. The van der Waals surface area contributed by atoms with Crippen molar-refractivity contribution in [3.63, 3.8) is 0 Å². The summed E-state index contributed by atoms with van der Waals surface area (Å²) >= 11 is 3.51. The van der Waals surface area contributed by atoms with E-state index in [0.717, 1.165) is 49.2 Å². The zero-order chi connectivity index (χ0) is 14.7. The number of hydrogen-bond donors (Lipinski definition) is 1. The molecule has 5 heteroatoms. The summed E-state index contributed by atoms with van der Waals surface area (Å²) in [6.07, 6.45) is 3.09. The number of rotatable bonds is 4. The molecular weight excluding hydrogens is 334 g/mol. The van der Waals surface area contributed by atoms with Gasteiger partial charge in [-0.15, -0.1) is 0 Å². The van der Waals surface area contributed by atoms with Crippen molar-refractivity contribution in [2.75, 3.05) is 33.5 Å². The Morgan fingerprint density at radius 2 is 2.33 bits per heavy atom. The minimum absolute atomic E-state index is 0.178. The van der Waals surface area contributed by atoms with Gasteiger partial charge in [0.2, 0.25) is 0 Å². The molecule has 21 heavy (non-hydrogen) atoms. The third-order valence-corrected chi connectivity index (χ3v) is 4.91. The van der Waals surface area contributed by atoms with Crippen molar-refractivity contribution >= 4 is 15.9 Å². The molecule has 116 valence electrons. The van der Waals surface area contributed by atoms with E-state index >= 15 is 0 Å². The van der Waals surface area contributed by atoms with E-state index in [0.29, 0.717) is 12.6 Å². The van der Waals surface area contributed by atoms with E-state index < -0.39 is 0 Å². The first-order valence-corrected chi connectivity index (χ1v) is 8.30. The maximum absolute atomic E-state index is 5.86. The average molecular weight is 356 g/mol. The molecule has 1 N–H and O–H groups in total. The first-order chi connectivity index (χ1) is 10.2. The van der Waals surface area contributed by atoms with Crippen LogP contribution in [0.1, 0.15) is 30.9 Å². The SMILES string of the molecule is COC1(CNC2CCCOc3cc(Br)ccc32)CCOC1. The number of fused-ring (bicyclic) bond motifs is 1. The van der Waals surface area contributed by atoms with Crippen molar-refractivity contribution in [3.05, 3.63) is 28.2 Å². The third kappa shape index (κ3) is 3.42. The third-order valence-electron chi connectivity index (χ3n) is 4.42. The molecule has 2 unspecified atom stereocenters. The highest BCUT2D eigenvalue weighted by atomic mass is 79.9. The Morgan fingerprint density at radius 3 is 3.10 bits per heavy atom. The molecule has 1 aromatic rings. The van der Waals surface area contributed by atoms with Crippen LogP contribution in [-0.2, 0) is 9.47 Å². The van der Waals surface area contributed by atoms with Gasteiger partial charge in [0.25, 0.3) is 0 Å². The molecule has 0 bridgehead atoms. The molecule has 0 saturated carbocycles. The topological polar surface area (TPSA) is 39.7 Å². The monoisotopic (exact) mass is 355 g/mol. The minimum Gasteiger partial charge on any atom is -0.493 e. The van der Waals surface area contributed by atoms with Gasteiger partial charge in [-0.25, -0.2) is 0 Å². The fourth-order valence-corrected chi connectivity index (χ4v) is 3.37. The molecule has 0 radical (unpaired) electrons. The highest BCUT2D eigenvalue weighted by Gasteiger charge is 2.35. The largest absolute Gasteiger partial charge is 0.493 e. The molecule has 2 aliphatic rings. The summed E-state index contributed by atoms with van der Waals surface area (Å²) in [6.45, 7) is 3.05. The van der Waals surface area contributed by atoms with Gasteiger partial charge in [-0.05, 0) is 25.0 Å². The van der Waals surface area contributed by atoms with Crippen LogP contribution < -0.4 is 10.1 Å². The second kappa shape index (κ2) is 6.65. The van der Waals surface area contributed by atoms with Gasteiger partial charge >= 0.3 is 0 Å². The number of ether oxygens (including phenoxy) is 3. The highest BCUT2D eigenvalue weighted by molar-refractivity contribution is 9.10. The highest BCUT2D eigenvalue weighted by Crippen LogP contribution is 2.34. The molecule has 1 aromatic carbocycles. The molecule has 2 atom stereocenters. The lowest BCUT2D eigenvalue weighted by Crippen LogP contribution is -2.44. The van der Waals surface area contributed by atoms with Gasteiger partial charge in [0.15, 0.2) is 0 Å². The summed E-state index contributed by atoms with van der Waals surface area (Å²) < 4.78 is 18.1. The van der Waals surface area contributed by atoms with Crippen molar-refractivity contribution in [2.24, 2.45) is 0 Å². The lowest BCUT2D eigenvalue weighted by molar-refractivity contribution is -0.0176. The average Bonchev–Trinajstić information content (AvgIpc) is 2.88. The normalized spacial score (nSPS) is 28.8. The molecule has 3 rings (SSSR count). The summed E-state index contributed by atoms with van der Waals surface area (Å²) in [4.78, 5) is 0. The van der Waals surface area contributed by atoms with Gasteiger partial charge in [0.05, 0.1) is 13.2 Å². The Balaban J connectivity index is 1.73. The Morgan fingerprint density at radius 1 is 1.43 bits per heavy atom. The van der Waals surface area contributed by atoms with Gasteiger partial charge in [-0.3, -0.25) is 0 Å². The van der Waals surface area contributed by atoms with Crippen molar-refractivity contribution < 1.29 is 14.2 Å². The van der Waals surface area contributed by atoms with E-state index in [2.05, 4.69) is 39.4 Å². The van der Waals surface area contributed by atoms with Crippen LogP contribution in [0.2, 0.25) is 0 Å². The van der Waals surface area contributed by atoms with E-state index in [1.165, 1.54) is 5.56 Å². The van der Waals surface area contributed by atoms with Gasteiger partial charge in [0, 0.05) is 42.8 Å². The molecular formula is C16H22BrNO3. The van der Waals surface area contributed by atoms with Gasteiger partial charge in [0.1, 0.15) is 11.4 Å². The van der Waals surface area contributed by atoms with E-state index in [1.54, 1.807) is 7.11 Å². The lowest BCUT2D eigenvalue weighted by Gasteiger charge is -2.29. The fraction of sp³-hybridized carbons (Fsp3) is 0.625. The second-order valence-electron chi connectivity index (χ2n) is 5.80. The molecule has 1 saturated heterocycles. The molecule has 0 amide bonds. The first-order valence-electron chi connectivity index (χ1n) is 7.51. The van der Waals surface area contributed by atoms with E-state index in [4.69, 9.17) is 14.2 Å². The molecule has 0 aromatic heterocycles. The Bertz CT molecular complexity index is 488. The van der Waals surface area contributed by atoms with E-state index in [9.17, 15) is 0 Å². The van der Waals surface area contributed by atoms with Crippen LogP contribution in [0.4, 0.5) is 0 Å². The van der Waals surface area contributed by atoms with Crippen LogP contribution >= 0.6 is 15.9 Å². The Kier molecular flexibility index (Phi) is 4.84. The van der Waals surface area contributed by atoms with Crippen LogP contribution in [0, 0.1) is 0 Å². The number of nitrogens with one attached hydrogen (secondary N) is 1. The predicted octanol–water partition coefficient (Wildman–Crippen LogP) is 3.06. The molecule has 0 spiro atoms.